The maximum Gasteiger partial charge on any atom is 0.416 e. The van der Waals surface area contributed by atoms with Gasteiger partial charge in [0.2, 0.25) is 0 Å². The van der Waals surface area contributed by atoms with Gasteiger partial charge in [0.1, 0.15) is 12.2 Å². The summed E-state index contributed by atoms with van der Waals surface area (Å²) in [5.41, 5.74) is -0.866. The summed E-state index contributed by atoms with van der Waals surface area (Å²) in [5.74, 6) is -0.851. The summed E-state index contributed by atoms with van der Waals surface area (Å²) in [6.07, 6.45) is -5.19. The van der Waals surface area contributed by atoms with Gasteiger partial charge in [-0.3, -0.25) is 5.32 Å². The lowest BCUT2D eigenvalue weighted by molar-refractivity contribution is -0.137. The number of fused-ring (bicyclic) bond motifs is 1. The summed E-state index contributed by atoms with van der Waals surface area (Å²) in [5, 5.41) is 2.93. The van der Waals surface area contributed by atoms with Gasteiger partial charge >= 0.3 is 23.9 Å². The monoisotopic (exact) mass is 435 g/mol. The zero-order chi connectivity index (χ0) is 22.6. The third kappa shape index (κ3) is 5.41. The summed E-state index contributed by atoms with van der Waals surface area (Å²) in [6, 6.07) is 9.23. The topological polar surface area (TPSA) is 94.8 Å². The molecule has 0 fully saturated rings. The van der Waals surface area contributed by atoms with Crippen molar-refractivity contribution in [1.82, 2.24) is 0 Å². The quantitative estimate of drug-likeness (QED) is 0.460. The molecule has 7 nitrogen and oxygen atoms in total. The summed E-state index contributed by atoms with van der Waals surface area (Å²) < 4.78 is 52.9. The number of benzene rings is 2. The van der Waals surface area contributed by atoms with Crippen LogP contribution in [0, 0.1) is 0 Å². The third-order valence-electron chi connectivity index (χ3n) is 4.16. The average molecular weight is 435 g/mol. The minimum Gasteiger partial charge on any atom is -0.457 e. The minimum absolute atomic E-state index is 0.0683. The highest BCUT2D eigenvalue weighted by Crippen LogP contribution is 2.29. The Balaban J connectivity index is 1.77. The molecule has 1 heterocycles. The summed E-state index contributed by atoms with van der Waals surface area (Å²) in [4.78, 5) is 35.6. The predicted octanol–water partition coefficient (Wildman–Crippen LogP) is 4.74. The second kappa shape index (κ2) is 8.90. The van der Waals surface area contributed by atoms with Gasteiger partial charge in [0.05, 0.1) is 17.7 Å². The lowest BCUT2D eigenvalue weighted by Gasteiger charge is -2.10. The number of halogens is 3. The number of hydrogen-bond acceptors (Lipinski definition) is 6. The van der Waals surface area contributed by atoms with E-state index in [1.165, 1.54) is 6.07 Å². The number of carbonyl (C=O) groups excluding carboxylic acids is 2. The molecule has 0 aliphatic heterocycles. The van der Waals surface area contributed by atoms with Crippen molar-refractivity contribution in [3.05, 3.63) is 75.6 Å². The van der Waals surface area contributed by atoms with Crippen LogP contribution in [0.15, 0.2) is 57.7 Å². The van der Waals surface area contributed by atoms with Crippen LogP contribution in [-0.2, 0) is 22.3 Å². The Bertz CT molecular complexity index is 1170. The smallest absolute Gasteiger partial charge is 0.416 e. The minimum atomic E-state index is -4.51. The molecule has 31 heavy (non-hydrogen) atoms. The van der Waals surface area contributed by atoms with E-state index in [2.05, 4.69) is 5.32 Å². The Morgan fingerprint density at radius 2 is 1.74 bits per heavy atom. The molecule has 0 radical (unpaired) electrons. The van der Waals surface area contributed by atoms with Gasteiger partial charge in [0.25, 0.3) is 0 Å². The number of esters is 1. The molecule has 0 saturated carbocycles. The average Bonchev–Trinajstić information content (AvgIpc) is 2.71. The Labute approximate surface area is 173 Å². The Morgan fingerprint density at radius 3 is 2.39 bits per heavy atom. The second-order valence-corrected chi connectivity index (χ2v) is 6.30. The highest BCUT2D eigenvalue weighted by Gasteiger charge is 2.30. The molecule has 0 saturated heterocycles. The molecule has 162 valence electrons. The SMILES string of the molecule is CCOC(=O)Nc1ccc2c(COC(=O)c3ccc(C(F)(F)F)cc3)cc(=O)oc2c1. The fraction of sp³-hybridized carbons (Fsp3) is 0.190. The largest absolute Gasteiger partial charge is 0.457 e. The number of nitrogens with one attached hydrogen (secondary N) is 1. The van der Waals surface area contributed by atoms with E-state index < -0.39 is 29.4 Å². The van der Waals surface area contributed by atoms with E-state index in [-0.39, 0.29) is 24.4 Å². The summed E-state index contributed by atoms with van der Waals surface area (Å²) >= 11 is 0. The molecule has 10 heteroatoms. The first-order valence-electron chi connectivity index (χ1n) is 9.02. The Kier molecular flexibility index (Phi) is 6.28. The highest BCUT2D eigenvalue weighted by atomic mass is 19.4. The van der Waals surface area contributed by atoms with E-state index in [1.807, 2.05) is 0 Å². The third-order valence-corrected chi connectivity index (χ3v) is 4.16. The van der Waals surface area contributed by atoms with Gasteiger partial charge in [0, 0.05) is 28.8 Å². The van der Waals surface area contributed by atoms with Crippen LogP contribution in [0.25, 0.3) is 11.0 Å². The number of anilines is 1. The zero-order valence-corrected chi connectivity index (χ0v) is 16.1. The lowest BCUT2D eigenvalue weighted by atomic mass is 10.1. The van der Waals surface area contributed by atoms with Crippen molar-refractivity contribution in [3.8, 4) is 0 Å². The normalized spacial score (nSPS) is 11.2. The number of carbonyl (C=O) groups is 2. The number of rotatable bonds is 5. The van der Waals surface area contributed by atoms with Crippen LogP contribution in [0.3, 0.4) is 0 Å². The molecule has 0 aliphatic rings. The zero-order valence-electron chi connectivity index (χ0n) is 16.1. The first-order chi connectivity index (χ1) is 14.7. The molecule has 3 rings (SSSR count). The molecule has 0 atom stereocenters. The lowest BCUT2D eigenvalue weighted by Crippen LogP contribution is -2.13. The predicted molar refractivity (Wildman–Crippen MR) is 104 cm³/mol. The number of alkyl halides is 3. The molecular weight excluding hydrogens is 419 g/mol. The molecule has 1 N–H and O–H groups in total. The van der Waals surface area contributed by atoms with Crippen LogP contribution >= 0.6 is 0 Å². The van der Waals surface area contributed by atoms with E-state index in [0.29, 0.717) is 16.6 Å². The van der Waals surface area contributed by atoms with Gasteiger partial charge in [-0.1, -0.05) is 0 Å². The molecule has 3 aromatic rings. The Hall–Kier alpha value is -3.82. The molecule has 0 bridgehead atoms. The van der Waals surface area contributed by atoms with E-state index in [1.54, 1.807) is 19.1 Å². The van der Waals surface area contributed by atoms with E-state index >= 15 is 0 Å². The van der Waals surface area contributed by atoms with Crippen LogP contribution in [0.1, 0.15) is 28.4 Å². The van der Waals surface area contributed by atoms with Crippen molar-refractivity contribution < 1.29 is 36.7 Å². The molecule has 1 amide bonds. The van der Waals surface area contributed by atoms with E-state index in [9.17, 15) is 27.6 Å². The first-order valence-corrected chi connectivity index (χ1v) is 9.02. The summed E-state index contributed by atoms with van der Waals surface area (Å²) in [6.45, 7) is 1.52. The van der Waals surface area contributed by atoms with E-state index in [0.717, 1.165) is 30.3 Å². The van der Waals surface area contributed by atoms with Gasteiger partial charge in [-0.05, 0) is 43.3 Å². The standard InChI is InChI=1S/C21H16F3NO6/c1-2-29-20(28)25-15-7-8-16-13(9-18(26)31-17(16)10-15)11-30-19(27)12-3-5-14(6-4-12)21(22,23)24/h3-10H,2,11H2,1H3,(H,25,28). The van der Waals surface area contributed by atoms with Crippen molar-refractivity contribution >= 4 is 28.7 Å². The fourth-order valence-corrected chi connectivity index (χ4v) is 2.73. The van der Waals surface area contributed by atoms with Crippen LogP contribution in [0.5, 0.6) is 0 Å². The molecule has 0 aliphatic carbocycles. The Morgan fingerprint density at radius 1 is 1.03 bits per heavy atom. The van der Waals surface area contributed by atoms with Crippen LogP contribution < -0.4 is 10.9 Å². The maximum atomic E-state index is 12.6. The number of hydrogen-bond donors (Lipinski definition) is 1. The fourth-order valence-electron chi connectivity index (χ4n) is 2.73. The molecular formula is C21H16F3NO6. The van der Waals surface area contributed by atoms with Gasteiger partial charge in [-0.25, -0.2) is 14.4 Å². The van der Waals surface area contributed by atoms with Crippen LogP contribution in [0.2, 0.25) is 0 Å². The maximum absolute atomic E-state index is 12.6. The van der Waals surface area contributed by atoms with Gasteiger partial charge in [0.15, 0.2) is 0 Å². The van der Waals surface area contributed by atoms with Crippen molar-refractivity contribution in [3.63, 3.8) is 0 Å². The van der Waals surface area contributed by atoms with Crippen molar-refractivity contribution in [2.24, 2.45) is 0 Å². The van der Waals surface area contributed by atoms with Crippen molar-refractivity contribution in [1.29, 1.82) is 0 Å². The van der Waals surface area contributed by atoms with Gasteiger partial charge in [-0.2, -0.15) is 13.2 Å². The molecule has 0 unspecified atom stereocenters. The van der Waals surface area contributed by atoms with Gasteiger partial charge in [-0.15, -0.1) is 0 Å². The highest BCUT2D eigenvalue weighted by molar-refractivity contribution is 5.91. The van der Waals surface area contributed by atoms with Gasteiger partial charge < -0.3 is 13.9 Å². The van der Waals surface area contributed by atoms with Crippen LogP contribution in [-0.4, -0.2) is 18.7 Å². The summed E-state index contributed by atoms with van der Waals surface area (Å²) in [7, 11) is 0. The first kappa shape index (κ1) is 21.9. The second-order valence-electron chi connectivity index (χ2n) is 6.30. The molecule has 1 aromatic heterocycles. The van der Waals surface area contributed by atoms with Crippen molar-refractivity contribution in [2.75, 3.05) is 11.9 Å². The van der Waals surface area contributed by atoms with Crippen molar-refractivity contribution in [2.45, 2.75) is 19.7 Å². The van der Waals surface area contributed by atoms with Crippen LogP contribution in [0.4, 0.5) is 23.7 Å². The molecule has 2 aromatic carbocycles. The number of ether oxygens (including phenoxy) is 2. The molecule has 0 spiro atoms. The number of amides is 1. The van der Waals surface area contributed by atoms with E-state index in [4.69, 9.17) is 13.9 Å².